The molecule has 0 saturated heterocycles. The van der Waals surface area contributed by atoms with Gasteiger partial charge in [0.15, 0.2) is 7.28 Å². The van der Waals surface area contributed by atoms with Crippen LogP contribution >= 0.6 is 0 Å². The monoisotopic (exact) mass is 193 g/mol. The molecule has 1 heterocycles. The third-order valence-corrected chi connectivity index (χ3v) is 7.18. The number of hydrogen-bond donors (Lipinski definition) is 0. The largest absolute Gasteiger partial charge is 0.544 e. The fourth-order valence-electron chi connectivity index (χ4n) is 0.884. The van der Waals surface area contributed by atoms with E-state index in [-0.39, 0.29) is 5.04 Å². The van der Waals surface area contributed by atoms with E-state index in [9.17, 15) is 0 Å². The lowest BCUT2D eigenvalue weighted by atomic mass is 9.82. The van der Waals surface area contributed by atoms with Crippen LogP contribution in [0, 0.1) is 6.08 Å². The van der Waals surface area contributed by atoms with E-state index in [1.54, 1.807) is 0 Å². The molecule has 0 atom stereocenters. The highest BCUT2D eigenvalue weighted by Crippen LogP contribution is 2.38. The van der Waals surface area contributed by atoms with E-state index in [2.05, 4.69) is 45.9 Å². The summed E-state index contributed by atoms with van der Waals surface area (Å²) in [5.74, 6) is 5.06. The fraction of sp³-hybridized carbons (Fsp3) is 0.600. The standard InChI is InChI=1S/C10H18BOSi/c1-10(2,3)13(4,5)12-9-6-7-11-8-9/h7-8,11H,1-5H3. The van der Waals surface area contributed by atoms with Crippen molar-refractivity contribution in [2.24, 2.45) is 0 Å². The minimum absolute atomic E-state index is 0.276. The zero-order valence-electron chi connectivity index (χ0n) is 9.27. The molecule has 0 amide bonds. The molecule has 0 spiro atoms. The maximum atomic E-state index is 6.02. The minimum atomic E-state index is -1.62. The quantitative estimate of drug-likeness (QED) is 0.612. The summed E-state index contributed by atoms with van der Waals surface area (Å²) in [5.41, 5.74) is 0. The fourth-order valence-corrected chi connectivity index (χ4v) is 1.88. The van der Waals surface area contributed by atoms with E-state index in [0.29, 0.717) is 0 Å². The molecule has 1 rings (SSSR count). The maximum Gasteiger partial charge on any atom is 0.250 e. The van der Waals surface area contributed by atoms with E-state index in [4.69, 9.17) is 4.43 Å². The Labute approximate surface area is 83.2 Å². The Morgan fingerprint density at radius 3 is 2.38 bits per heavy atom. The predicted octanol–water partition coefficient (Wildman–Crippen LogP) is 2.62. The van der Waals surface area contributed by atoms with Crippen LogP contribution in [0.15, 0.2) is 17.7 Å². The average Bonchev–Trinajstić information content (AvgIpc) is 2.35. The number of allylic oxidation sites excluding steroid dienone is 1. The van der Waals surface area contributed by atoms with Crippen LogP contribution in [-0.2, 0) is 4.43 Å². The molecule has 13 heavy (non-hydrogen) atoms. The Balaban J connectivity index is 2.66. The molecule has 0 fully saturated rings. The molecule has 1 radical (unpaired) electrons. The highest BCUT2D eigenvalue weighted by atomic mass is 28.4. The summed E-state index contributed by atoms with van der Waals surface area (Å²) in [5, 5.41) is 0.276. The highest BCUT2D eigenvalue weighted by molar-refractivity contribution is 6.74. The van der Waals surface area contributed by atoms with Crippen LogP contribution in [0.5, 0.6) is 0 Å². The number of hydrogen-bond acceptors (Lipinski definition) is 1. The van der Waals surface area contributed by atoms with Gasteiger partial charge in [-0.05, 0) is 18.1 Å². The van der Waals surface area contributed by atoms with E-state index < -0.39 is 8.32 Å². The van der Waals surface area contributed by atoms with Gasteiger partial charge in [0.05, 0.1) is 5.76 Å². The molecule has 0 N–H and O–H groups in total. The molecule has 0 aromatic heterocycles. The Morgan fingerprint density at radius 2 is 2.00 bits per heavy atom. The molecular weight excluding hydrogens is 175 g/mol. The van der Waals surface area contributed by atoms with Gasteiger partial charge in [0.1, 0.15) is 0 Å². The second kappa shape index (κ2) is 3.37. The van der Waals surface area contributed by atoms with Gasteiger partial charge in [0, 0.05) is 6.08 Å². The van der Waals surface area contributed by atoms with E-state index in [1.165, 1.54) is 0 Å². The zero-order chi connectivity index (χ0) is 10.1. The van der Waals surface area contributed by atoms with Gasteiger partial charge in [-0.15, -0.1) is 5.98 Å². The van der Waals surface area contributed by atoms with Gasteiger partial charge in [-0.3, -0.25) is 0 Å². The van der Waals surface area contributed by atoms with E-state index in [0.717, 1.165) is 13.0 Å². The second-order valence-electron chi connectivity index (χ2n) is 5.01. The SMILES string of the molecule is CC(C)(C)[Si](C)(C)OC1=CBC=[C]1. The minimum Gasteiger partial charge on any atom is -0.544 e. The van der Waals surface area contributed by atoms with Crippen molar-refractivity contribution in [1.82, 2.24) is 0 Å². The Bertz CT molecular complexity index is 248. The second-order valence-corrected chi connectivity index (χ2v) is 9.74. The molecule has 0 aromatic carbocycles. The van der Waals surface area contributed by atoms with E-state index >= 15 is 0 Å². The Morgan fingerprint density at radius 1 is 1.38 bits per heavy atom. The van der Waals surface area contributed by atoms with Gasteiger partial charge in [-0.1, -0.05) is 26.7 Å². The first-order valence-corrected chi connectivity index (χ1v) is 7.71. The van der Waals surface area contributed by atoms with Crippen LogP contribution in [0.25, 0.3) is 0 Å². The van der Waals surface area contributed by atoms with Crippen molar-refractivity contribution in [2.75, 3.05) is 0 Å². The van der Waals surface area contributed by atoms with Gasteiger partial charge >= 0.3 is 0 Å². The van der Waals surface area contributed by atoms with Crippen LogP contribution < -0.4 is 0 Å². The van der Waals surface area contributed by atoms with Gasteiger partial charge in [-0.25, -0.2) is 0 Å². The van der Waals surface area contributed by atoms with Crippen LogP contribution in [-0.4, -0.2) is 15.6 Å². The smallest absolute Gasteiger partial charge is 0.250 e. The van der Waals surface area contributed by atoms with Crippen LogP contribution in [0.3, 0.4) is 0 Å². The van der Waals surface area contributed by atoms with E-state index in [1.807, 2.05) is 5.98 Å². The molecule has 3 heteroatoms. The first-order chi connectivity index (χ1) is 5.83. The lowest BCUT2D eigenvalue weighted by Gasteiger charge is -2.36. The van der Waals surface area contributed by atoms with Crippen molar-refractivity contribution in [3.63, 3.8) is 0 Å². The van der Waals surface area contributed by atoms with Crippen molar-refractivity contribution in [3.8, 4) is 0 Å². The average molecular weight is 193 g/mol. The molecule has 71 valence electrons. The zero-order valence-corrected chi connectivity index (χ0v) is 10.3. The lowest BCUT2D eigenvalue weighted by Crippen LogP contribution is -2.40. The lowest BCUT2D eigenvalue weighted by molar-refractivity contribution is 0.398. The topological polar surface area (TPSA) is 9.23 Å². The van der Waals surface area contributed by atoms with Crippen LogP contribution in [0.1, 0.15) is 20.8 Å². The first-order valence-electron chi connectivity index (χ1n) is 4.80. The van der Waals surface area contributed by atoms with Crippen LogP contribution in [0.4, 0.5) is 0 Å². The van der Waals surface area contributed by atoms with Gasteiger partial charge < -0.3 is 4.43 Å². The molecule has 0 bridgehead atoms. The summed E-state index contributed by atoms with van der Waals surface area (Å²) >= 11 is 0. The summed E-state index contributed by atoms with van der Waals surface area (Å²) in [4.78, 5) is 0. The normalized spacial score (nSPS) is 16.8. The van der Waals surface area contributed by atoms with Crippen molar-refractivity contribution in [1.29, 1.82) is 0 Å². The third-order valence-electron chi connectivity index (χ3n) is 2.84. The molecular formula is C10H18BOSi. The van der Waals surface area contributed by atoms with Gasteiger partial charge in [-0.2, -0.15) is 0 Å². The first kappa shape index (κ1) is 10.6. The highest BCUT2D eigenvalue weighted by Gasteiger charge is 2.39. The number of rotatable bonds is 2. The molecule has 0 aromatic rings. The van der Waals surface area contributed by atoms with Crippen molar-refractivity contribution in [3.05, 3.63) is 23.8 Å². The summed E-state index contributed by atoms with van der Waals surface area (Å²) in [6, 6.07) is 0. The Kier molecular flexibility index (Phi) is 2.76. The summed E-state index contributed by atoms with van der Waals surface area (Å²) in [7, 11) is -0.645. The van der Waals surface area contributed by atoms with Crippen LogP contribution in [0.2, 0.25) is 18.1 Å². The van der Waals surface area contributed by atoms with Crippen molar-refractivity contribution < 1.29 is 4.43 Å². The third kappa shape index (κ3) is 2.50. The van der Waals surface area contributed by atoms with Gasteiger partial charge in [0.2, 0.25) is 8.32 Å². The maximum absolute atomic E-state index is 6.02. The molecule has 1 nitrogen and oxygen atoms in total. The molecule has 0 unspecified atom stereocenters. The van der Waals surface area contributed by atoms with Crippen molar-refractivity contribution >= 4 is 15.6 Å². The molecule has 1 aliphatic rings. The van der Waals surface area contributed by atoms with Gasteiger partial charge in [0.25, 0.3) is 0 Å². The Hall–Kier alpha value is -0.438. The molecule has 0 aliphatic carbocycles. The molecule has 1 aliphatic heterocycles. The molecule has 0 saturated carbocycles. The summed E-state index contributed by atoms with van der Waals surface area (Å²) in [6.45, 7) is 11.3. The predicted molar refractivity (Wildman–Crippen MR) is 61.3 cm³/mol. The summed E-state index contributed by atoms with van der Waals surface area (Å²) in [6.07, 6.45) is 3.13. The van der Waals surface area contributed by atoms with Crippen molar-refractivity contribution in [2.45, 2.75) is 38.9 Å². The summed E-state index contributed by atoms with van der Waals surface area (Å²) < 4.78 is 6.02.